The van der Waals surface area contributed by atoms with Gasteiger partial charge in [-0.05, 0) is 61.8 Å². The topological polar surface area (TPSA) is 133 Å². The van der Waals surface area contributed by atoms with Gasteiger partial charge >= 0.3 is 0 Å². The largest absolute Gasteiger partial charge is 0.348 e. The van der Waals surface area contributed by atoms with Gasteiger partial charge in [0.2, 0.25) is 17.7 Å². The van der Waals surface area contributed by atoms with E-state index in [9.17, 15) is 19.2 Å². The Hall–Kier alpha value is -3.79. The molecular formula is C28H36N6O4. The van der Waals surface area contributed by atoms with Crippen LogP contribution in [0.2, 0.25) is 0 Å². The predicted molar refractivity (Wildman–Crippen MR) is 144 cm³/mol. The molecule has 3 heterocycles. The van der Waals surface area contributed by atoms with E-state index in [1.807, 2.05) is 45.0 Å². The molecule has 4 amide bonds. The van der Waals surface area contributed by atoms with Gasteiger partial charge in [-0.3, -0.25) is 29.2 Å². The molecule has 1 aromatic heterocycles. The Bertz CT molecular complexity index is 1260. The molecule has 2 aliphatic rings. The fourth-order valence-electron chi connectivity index (χ4n) is 4.72. The fraction of sp³-hybridized carbons (Fsp3) is 0.464. The van der Waals surface area contributed by atoms with E-state index >= 15 is 0 Å². The molecule has 0 aliphatic carbocycles. The first-order valence-electron chi connectivity index (χ1n) is 13.2. The minimum absolute atomic E-state index is 0.0763. The highest BCUT2D eigenvalue weighted by Crippen LogP contribution is 2.22. The van der Waals surface area contributed by atoms with Gasteiger partial charge in [0, 0.05) is 24.5 Å². The van der Waals surface area contributed by atoms with Crippen molar-refractivity contribution in [2.75, 3.05) is 6.54 Å². The number of hydrogen-bond donors (Lipinski definition) is 4. The summed E-state index contributed by atoms with van der Waals surface area (Å²) in [5, 5.41) is 11.9. The zero-order chi connectivity index (χ0) is 27.4. The van der Waals surface area contributed by atoms with Crippen molar-refractivity contribution < 1.29 is 19.2 Å². The van der Waals surface area contributed by atoms with Crippen molar-refractivity contribution in [1.82, 2.24) is 31.4 Å². The average Bonchev–Trinajstić information content (AvgIpc) is 2.90. The van der Waals surface area contributed by atoms with E-state index in [0.29, 0.717) is 25.1 Å². The maximum atomic E-state index is 13.1. The Morgan fingerprint density at radius 3 is 2.47 bits per heavy atom. The number of amides is 4. The van der Waals surface area contributed by atoms with E-state index in [2.05, 4.69) is 26.4 Å². The van der Waals surface area contributed by atoms with Gasteiger partial charge in [0.1, 0.15) is 18.1 Å². The molecule has 38 heavy (non-hydrogen) atoms. The highest BCUT2D eigenvalue weighted by molar-refractivity contribution is 5.93. The highest BCUT2D eigenvalue weighted by atomic mass is 16.2. The van der Waals surface area contributed by atoms with Crippen LogP contribution in [0.3, 0.4) is 0 Å². The summed E-state index contributed by atoms with van der Waals surface area (Å²) in [5.41, 5.74) is 4.67. The van der Waals surface area contributed by atoms with Crippen molar-refractivity contribution in [3.63, 3.8) is 0 Å². The number of fused-ring (bicyclic) bond motifs is 4. The summed E-state index contributed by atoms with van der Waals surface area (Å²) < 4.78 is 0. The van der Waals surface area contributed by atoms with Gasteiger partial charge < -0.3 is 16.0 Å². The van der Waals surface area contributed by atoms with Crippen LogP contribution in [-0.2, 0) is 19.2 Å². The van der Waals surface area contributed by atoms with Crippen LogP contribution < -0.4 is 21.4 Å². The molecular weight excluding hydrogens is 484 g/mol. The molecule has 4 atom stereocenters. The van der Waals surface area contributed by atoms with Gasteiger partial charge in [0.15, 0.2) is 0 Å². The number of hydrazine groups is 1. The third kappa shape index (κ3) is 6.36. The summed E-state index contributed by atoms with van der Waals surface area (Å²) in [6.07, 6.45) is 6.56. The Balaban J connectivity index is 1.64. The van der Waals surface area contributed by atoms with Crippen molar-refractivity contribution in [3.05, 3.63) is 47.8 Å². The molecule has 4 N–H and O–H groups in total. The standard InChI is InChI=1S/C28H36N6O4/c1-16(2)25-27(37)31-18(4)28(38)34-12-6-8-23(33-34)26(36)30-17(3)19-10-11-20-15-29-22(14-21(20)13-19)7-5-9-24(35)32-25/h5,7,10-11,13-18,23,25,33H,6,8-9,12H2,1-4H3,(H,30,36)(H,31,37)(H,32,35)/b7-5+/t17-,18+,23+,25+/m1/s1. The number of nitrogens with one attached hydrogen (secondary N) is 4. The van der Waals surface area contributed by atoms with Crippen LogP contribution in [0.15, 0.2) is 36.5 Å². The SMILES string of the molecule is CC(C)[C@@H]1NC(=O)C/C=C/c2cc3cc(ccc3cn2)[C@@H](C)NC(=O)[C@@H]2CCCN(N2)C(=O)[C@H](C)NC1=O. The molecule has 0 saturated carbocycles. The second-order valence-electron chi connectivity index (χ2n) is 10.4. The number of aromatic nitrogens is 1. The molecule has 5 bridgehead atoms. The quantitative estimate of drug-likeness (QED) is 0.455. The van der Waals surface area contributed by atoms with E-state index < -0.39 is 24.0 Å². The molecule has 0 spiro atoms. The van der Waals surface area contributed by atoms with Gasteiger partial charge in [0.05, 0.1) is 11.7 Å². The second-order valence-corrected chi connectivity index (χ2v) is 10.4. The van der Waals surface area contributed by atoms with Gasteiger partial charge in [-0.2, -0.15) is 0 Å². The van der Waals surface area contributed by atoms with Crippen LogP contribution >= 0.6 is 0 Å². The zero-order valence-electron chi connectivity index (χ0n) is 22.3. The van der Waals surface area contributed by atoms with Crippen molar-refractivity contribution in [1.29, 1.82) is 0 Å². The Kier molecular flexibility index (Phi) is 8.41. The van der Waals surface area contributed by atoms with Gasteiger partial charge in [-0.25, -0.2) is 5.43 Å². The Morgan fingerprint density at radius 1 is 0.947 bits per heavy atom. The Labute approximate surface area is 222 Å². The molecule has 2 aliphatic heterocycles. The van der Waals surface area contributed by atoms with E-state index in [1.54, 1.807) is 25.3 Å². The molecule has 0 unspecified atom stereocenters. The lowest BCUT2D eigenvalue weighted by Crippen LogP contribution is -2.62. The van der Waals surface area contributed by atoms with Gasteiger partial charge in [0.25, 0.3) is 5.91 Å². The first-order valence-corrected chi connectivity index (χ1v) is 13.2. The van der Waals surface area contributed by atoms with Crippen LogP contribution in [0.25, 0.3) is 16.8 Å². The number of nitrogens with zero attached hydrogens (tertiary/aromatic N) is 2. The smallest absolute Gasteiger partial charge is 0.258 e. The lowest BCUT2D eigenvalue weighted by molar-refractivity contribution is -0.143. The number of rotatable bonds is 1. The summed E-state index contributed by atoms with van der Waals surface area (Å²) in [4.78, 5) is 56.3. The molecule has 1 fully saturated rings. The van der Waals surface area contributed by atoms with Crippen molar-refractivity contribution in [3.8, 4) is 0 Å². The molecule has 10 nitrogen and oxygen atoms in total. The monoisotopic (exact) mass is 520 g/mol. The van der Waals surface area contributed by atoms with E-state index in [4.69, 9.17) is 0 Å². The van der Waals surface area contributed by atoms with Crippen molar-refractivity contribution in [2.45, 2.75) is 71.1 Å². The summed E-state index contributed by atoms with van der Waals surface area (Å²) in [5.74, 6) is -1.47. The van der Waals surface area contributed by atoms with Gasteiger partial charge in [-0.1, -0.05) is 32.1 Å². The lowest BCUT2D eigenvalue weighted by atomic mass is 10.0. The highest BCUT2D eigenvalue weighted by Gasteiger charge is 2.33. The summed E-state index contributed by atoms with van der Waals surface area (Å²) in [6, 6.07) is 5.41. The molecule has 4 rings (SSSR count). The number of benzene rings is 1. The van der Waals surface area contributed by atoms with Crippen LogP contribution in [0, 0.1) is 5.92 Å². The fourth-order valence-corrected chi connectivity index (χ4v) is 4.72. The summed E-state index contributed by atoms with van der Waals surface area (Å²) in [7, 11) is 0. The maximum absolute atomic E-state index is 13.1. The zero-order valence-corrected chi connectivity index (χ0v) is 22.3. The maximum Gasteiger partial charge on any atom is 0.258 e. The lowest BCUT2D eigenvalue weighted by Gasteiger charge is -2.35. The van der Waals surface area contributed by atoms with Gasteiger partial charge in [-0.15, -0.1) is 0 Å². The van der Waals surface area contributed by atoms with Crippen LogP contribution in [0.4, 0.5) is 0 Å². The first kappa shape index (κ1) is 27.3. The molecule has 2 aromatic rings. The third-order valence-electron chi connectivity index (χ3n) is 6.98. The Morgan fingerprint density at radius 2 is 1.71 bits per heavy atom. The molecule has 10 heteroatoms. The van der Waals surface area contributed by atoms with Crippen LogP contribution in [0.5, 0.6) is 0 Å². The number of hydrogen-bond acceptors (Lipinski definition) is 6. The minimum Gasteiger partial charge on any atom is -0.348 e. The van der Waals surface area contributed by atoms with E-state index in [-0.39, 0.29) is 36.1 Å². The minimum atomic E-state index is -0.841. The summed E-state index contributed by atoms with van der Waals surface area (Å²) in [6.45, 7) is 7.61. The van der Waals surface area contributed by atoms with Crippen molar-refractivity contribution in [2.24, 2.45) is 5.92 Å². The molecule has 0 radical (unpaired) electrons. The number of carbonyl (C=O) groups excluding carboxylic acids is 4. The van der Waals surface area contributed by atoms with Crippen LogP contribution in [0.1, 0.15) is 64.3 Å². The average molecular weight is 521 g/mol. The normalized spacial score (nSPS) is 26.6. The second kappa shape index (κ2) is 11.7. The van der Waals surface area contributed by atoms with Crippen molar-refractivity contribution >= 4 is 40.5 Å². The predicted octanol–water partition coefficient (Wildman–Crippen LogP) is 1.97. The molecule has 1 saturated heterocycles. The molecule has 202 valence electrons. The summed E-state index contributed by atoms with van der Waals surface area (Å²) >= 11 is 0. The van der Waals surface area contributed by atoms with E-state index in [0.717, 1.165) is 16.3 Å². The van der Waals surface area contributed by atoms with E-state index in [1.165, 1.54) is 5.01 Å². The number of carbonyl (C=O) groups is 4. The molecule has 1 aromatic carbocycles. The first-order chi connectivity index (χ1) is 18.1. The number of pyridine rings is 1. The van der Waals surface area contributed by atoms with Crippen LogP contribution in [-0.4, -0.2) is 58.3 Å². The third-order valence-corrected chi connectivity index (χ3v) is 6.98.